The van der Waals surface area contributed by atoms with Gasteiger partial charge in [-0.2, -0.15) is 4.37 Å². The Morgan fingerprint density at radius 1 is 1.18 bits per heavy atom. The Hall–Kier alpha value is -4.16. The molecule has 3 aromatic rings. The average Bonchev–Trinajstić information content (AvgIpc) is 3.59. The van der Waals surface area contributed by atoms with Crippen LogP contribution in [-0.2, 0) is 9.53 Å². The molecule has 1 aromatic heterocycles. The van der Waals surface area contributed by atoms with Gasteiger partial charge in [-0.15, -0.1) is 0 Å². The SMILES string of the molecule is COc1ccc([C@@H](C(=O)NC[C@H]2CCCO2)N(C(=O)c2snc(C(N)=O)c2N)c2cccc(C)c2)cc1OC. The number of aryl methyl sites for hydroxylation is 1. The summed E-state index contributed by atoms with van der Waals surface area (Å²) >= 11 is 0.748. The van der Waals surface area contributed by atoms with Crippen molar-refractivity contribution in [2.24, 2.45) is 5.73 Å². The Bertz CT molecular complexity index is 1370. The fraction of sp³-hybridized carbons (Fsp3) is 0.333. The normalized spacial score (nSPS) is 15.4. The van der Waals surface area contributed by atoms with Gasteiger partial charge in [0.25, 0.3) is 11.8 Å². The lowest BCUT2D eigenvalue weighted by atomic mass is 10.0. The number of nitrogens with two attached hydrogens (primary N) is 2. The van der Waals surface area contributed by atoms with Gasteiger partial charge >= 0.3 is 0 Å². The van der Waals surface area contributed by atoms with E-state index in [0.717, 1.165) is 29.9 Å². The standard InChI is InChI=1S/C27H31N5O6S/c1-15-6-4-7-17(12-15)32(27(35)24-21(28)22(25(29)33)31-39-24)23(26(34)30-14-18-8-5-11-38-18)16-9-10-19(36-2)20(13-16)37-3/h4,6-7,9-10,12-13,18,23H,5,8,11,14,28H2,1-3H3,(H2,29,33)(H,30,34)/t18-,23+/m1/s1. The van der Waals surface area contributed by atoms with Gasteiger partial charge in [-0.25, -0.2) is 0 Å². The molecule has 0 unspecified atom stereocenters. The molecule has 0 radical (unpaired) electrons. The second kappa shape index (κ2) is 12.1. The largest absolute Gasteiger partial charge is 0.493 e. The first kappa shape index (κ1) is 27.9. The van der Waals surface area contributed by atoms with E-state index in [0.29, 0.717) is 29.4 Å². The molecular formula is C27H31N5O6S. The Kier molecular flexibility index (Phi) is 8.67. The molecule has 1 aliphatic rings. The second-order valence-electron chi connectivity index (χ2n) is 9.05. The zero-order valence-corrected chi connectivity index (χ0v) is 22.7. The van der Waals surface area contributed by atoms with E-state index in [1.54, 1.807) is 36.4 Å². The number of hydrogen-bond acceptors (Lipinski definition) is 9. The van der Waals surface area contributed by atoms with Crippen molar-refractivity contribution in [1.29, 1.82) is 0 Å². The van der Waals surface area contributed by atoms with Gasteiger partial charge in [0.1, 0.15) is 10.9 Å². The molecule has 4 rings (SSSR count). The quantitative estimate of drug-likeness (QED) is 0.346. The number of anilines is 2. The monoisotopic (exact) mass is 553 g/mol. The fourth-order valence-corrected chi connectivity index (χ4v) is 5.20. The third-order valence-electron chi connectivity index (χ3n) is 6.41. The molecule has 2 heterocycles. The predicted molar refractivity (Wildman–Crippen MR) is 147 cm³/mol. The molecule has 1 saturated heterocycles. The van der Waals surface area contributed by atoms with Gasteiger partial charge < -0.3 is 31.0 Å². The van der Waals surface area contributed by atoms with Crippen molar-refractivity contribution in [3.63, 3.8) is 0 Å². The molecule has 2 aromatic carbocycles. The molecule has 12 heteroatoms. The number of nitrogens with zero attached hydrogens (tertiary/aromatic N) is 2. The Morgan fingerprint density at radius 3 is 2.56 bits per heavy atom. The summed E-state index contributed by atoms with van der Waals surface area (Å²) in [7, 11) is 3.00. The molecule has 2 atom stereocenters. The number of rotatable bonds is 10. The third kappa shape index (κ3) is 5.96. The van der Waals surface area contributed by atoms with Crippen LogP contribution in [0.2, 0.25) is 0 Å². The second-order valence-corrected chi connectivity index (χ2v) is 9.82. The minimum atomic E-state index is -1.15. The molecule has 3 amide bonds. The van der Waals surface area contributed by atoms with Crippen LogP contribution in [0.25, 0.3) is 0 Å². The van der Waals surface area contributed by atoms with Gasteiger partial charge in [-0.1, -0.05) is 18.2 Å². The summed E-state index contributed by atoms with van der Waals surface area (Å²) in [6.07, 6.45) is 1.63. The highest BCUT2D eigenvalue weighted by Gasteiger charge is 2.37. The Labute approximate surface area is 230 Å². The number of primary amides is 1. The van der Waals surface area contributed by atoms with Gasteiger partial charge in [-0.3, -0.25) is 19.3 Å². The summed E-state index contributed by atoms with van der Waals surface area (Å²) in [6, 6.07) is 11.0. The maximum Gasteiger partial charge on any atom is 0.273 e. The van der Waals surface area contributed by atoms with Crippen LogP contribution in [-0.4, -0.2) is 55.6 Å². The topological polar surface area (TPSA) is 159 Å². The van der Waals surface area contributed by atoms with Gasteiger partial charge in [0.05, 0.1) is 26.0 Å². The van der Waals surface area contributed by atoms with Gasteiger partial charge in [0.15, 0.2) is 17.2 Å². The van der Waals surface area contributed by atoms with Gasteiger partial charge in [-0.05, 0) is 66.7 Å². The summed E-state index contributed by atoms with van der Waals surface area (Å²) in [6.45, 7) is 2.80. The number of amides is 3. The molecule has 0 spiro atoms. The van der Waals surface area contributed by atoms with Crippen molar-refractivity contribution >= 4 is 40.6 Å². The molecule has 11 nitrogen and oxygen atoms in total. The van der Waals surface area contributed by atoms with Crippen molar-refractivity contribution in [3.8, 4) is 11.5 Å². The number of methoxy groups -OCH3 is 2. The predicted octanol–water partition coefficient (Wildman–Crippen LogP) is 2.83. The van der Waals surface area contributed by atoms with Crippen molar-refractivity contribution in [2.45, 2.75) is 31.9 Å². The van der Waals surface area contributed by atoms with E-state index in [1.807, 2.05) is 13.0 Å². The van der Waals surface area contributed by atoms with Crippen molar-refractivity contribution < 1.29 is 28.6 Å². The molecule has 206 valence electrons. The van der Waals surface area contributed by atoms with E-state index in [1.165, 1.54) is 19.1 Å². The highest BCUT2D eigenvalue weighted by Crippen LogP contribution is 2.37. The van der Waals surface area contributed by atoms with Crippen LogP contribution in [0.1, 0.15) is 50.2 Å². The smallest absolute Gasteiger partial charge is 0.273 e. The summed E-state index contributed by atoms with van der Waals surface area (Å²) < 4.78 is 20.5. The van der Waals surface area contributed by atoms with Crippen LogP contribution in [0, 0.1) is 6.92 Å². The zero-order valence-electron chi connectivity index (χ0n) is 21.9. The number of carbonyl (C=O) groups excluding carboxylic acids is 3. The van der Waals surface area contributed by atoms with Crippen molar-refractivity contribution in [3.05, 3.63) is 64.2 Å². The Morgan fingerprint density at radius 2 is 1.95 bits per heavy atom. The van der Waals surface area contributed by atoms with Crippen LogP contribution in [0.15, 0.2) is 42.5 Å². The summed E-state index contributed by atoms with van der Waals surface area (Å²) in [5.74, 6) is -1.06. The number of ether oxygens (including phenoxy) is 3. The molecule has 1 aliphatic heterocycles. The molecule has 39 heavy (non-hydrogen) atoms. The molecule has 1 fully saturated rings. The van der Waals surface area contributed by atoms with E-state index in [4.69, 9.17) is 25.7 Å². The van der Waals surface area contributed by atoms with Gasteiger partial charge in [0.2, 0.25) is 5.91 Å². The maximum atomic E-state index is 14.2. The summed E-state index contributed by atoms with van der Waals surface area (Å²) in [5.41, 5.74) is 13.0. The minimum Gasteiger partial charge on any atom is -0.493 e. The summed E-state index contributed by atoms with van der Waals surface area (Å²) in [4.78, 5) is 41.2. The van der Waals surface area contributed by atoms with E-state index in [9.17, 15) is 14.4 Å². The number of hydrogen-bond donors (Lipinski definition) is 3. The first-order valence-corrected chi connectivity index (χ1v) is 13.1. The lowest BCUT2D eigenvalue weighted by molar-refractivity contribution is -0.123. The van der Waals surface area contributed by atoms with Crippen LogP contribution in [0.4, 0.5) is 11.4 Å². The van der Waals surface area contributed by atoms with Gasteiger partial charge in [0, 0.05) is 18.8 Å². The van der Waals surface area contributed by atoms with Crippen LogP contribution < -0.4 is 31.2 Å². The first-order chi connectivity index (χ1) is 18.7. The highest BCUT2D eigenvalue weighted by atomic mass is 32.1. The van der Waals surface area contributed by atoms with Crippen LogP contribution in [0.3, 0.4) is 0 Å². The number of aromatic nitrogens is 1. The lowest BCUT2D eigenvalue weighted by Crippen LogP contribution is -2.45. The number of benzene rings is 2. The Balaban J connectivity index is 1.86. The van der Waals surface area contributed by atoms with Crippen molar-refractivity contribution in [1.82, 2.24) is 9.69 Å². The fourth-order valence-electron chi connectivity index (χ4n) is 4.46. The van der Waals surface area contributed by atoms with Crippen molar-refractivity contribution in [2.75, 3.05) is 38.0 Å². The lowest BCUT2D eigenvalue weighted by Gasteiger charge is -2.32. The number of nitrogen functional groups attached to an aromatic ring is 1. The third-order valence-corrected chi connectivity index (χ3v) is 7.26. The molecule has 0 aliphatic carbocycles. The highest BCUT2D eigenvalue weighted by molar-refractivity contribution is 7.09. The van der Waals surface area contributed by atoms with Crippen LogP contribution >= 0.6 is 11.5 Å². The average molecular weight is 554 g/mol. The number of nitrogens with one attached hydrogen (secondary N) is 1. The molecule has 0 bridgehead atoms. The van der Waals surface area contributed by atoms with E-state index in [2.05, 4.69) is 9.69 Å². The van der Waals surface area contributed by atoms with E-state index >= 15 is 0 Å². The maximum absolute atomic E-state index is 14.2. The molecule has 0 saturated carbocycles. The zero-order chi connectivity index (χ0) is 28.1. The van der Waals surface area contributed by atoms with Crippen LogP contribution in [0.5, 0.6) is 11.5 Å². The molecule has 5 N–H and O–H groups in total. The summed E-state index contributed by atoms with van der Waals surface area (Å²) in [5, 5.41) is 2.95. The van der Waals surface area contributed by atoms with E-state index < -0.39 is 23.8 Å². The first-order valence-electron chi connectivity index (χ1n) is 12.3. The minimum absolute atomic E-state index is 0.0114. The van der Waals surface area contributed by atoms with E-state index in [-0.39, 0.29) is 28.9 Å². The number of carbonyl (C=O) groups is 3. The molecular weight excluding hydrogens is 522 g/mol.